The van der Waals surface area contributed by atoms with Crippen molar-refractivity contribution in [3.05, 3.63) is 33.2 Å². The minimum Gasteiger partial charge on any atom is -0.454 e. The molecule has 10 heteroatoms. The maximum absolute atomic E-state index is 14.0. The number of piperidine rings is 1. The van der Waals surface area contributed by atoms with Gasteiger partial charge < -0.3 is 24.7 Å². The van der Waals surface area contributed by atoms with Gasteiger partial charge in [0.1, 0.15) is 5.82 Å². The topological polar surface area (TPSA) is 91.3 Å². The molecule has 2 aromatic heterocycles. The number of hydrogen-bond donors (Lipinski definition) is 1. The molecule has 0 radical (unpaired) electrons. The number of nitrogens with zero attached hydrogens (tertiary/aromatic N) is 5. The summed E-state index contributed by atoms with van der Waals surface area (Å²) in [6.45, 7) is 4.23. The van der Waals surface area contributed by atoms with Crippen molar-refractivity contribution < 1.29 is 13.9 Å². The van der Waals surface area contributed by atoms with Gasteiger partial charge in [0.25, 0.3) is 0 Å². The molecule has 0 saturated carbocycles. The van der Waals surface area contributed by atoms with Crippen LogP contribution in [0.25, 0.3) is 11.2 Å². The Balaban J connectivity index is 1.45. The number of hydrogen-bond acceptors (Lipinski definition) is 7. The monoisotopic (exact) mass is 538 g/mol. The number of aromatic nitrogens is 4. The van der Waals surface area contributed by atoms with Crippen molar-refractivity contribution in [3.63, 3.8) is 0 Å². The van der Waals surface area contributed by atoms with E-state index in [0.717, 1.165) is 52.5 Å². The van der Waals surface area contributed by atoms with Gasteiger partial charge in [-0.3, -0.25) is 0 Å². The number of anilines is 1. The molecule has 0 bridgehead atoms. The predicted molar refractivity (Wildman–Crippen MR) is 123 cm³/mol. The quantitative estimate of drug-likeness (QED) is 0.380. The molecule has 0 unspecified atom stereocenters. The first-order chi connectivity index (χ1) is 15.1. The Morgan fingerprint density at radius 1 is 1.03 bits per heavy atom. The number of rotatable bonds is 6. The van der Waals surface area contributed by atoms with Gasteiger partial charge in [-0.2, -0.15) is 14.4 Å². The molecule has 5 rings (SSSR count). The molecular formula is C21H24FIN6O2. The second-order valence-electron chi connectivity index (χ2n) is 7.96. The molecule has 2 N–H and O–H groups in total. The maximum atomic E-state index is 14.0. The summed E-state index contributed by atoms with van der Waals surface area (Å²) in [6.07, 6.45) is 4.49. The van der Waals surface area contributed by atoms with Crippen molar-refractivity contribution >= 4 is 39.6 Å². The number of nitrogens with two attached hydrogens (primary N) is 1. The van der Waals surface area contributed by atoms with Gasteiger partial charge in [0.05, 0.1) is 0 Å². The second kappa shape index (κ2) is 8.73. The molecule has 0 spiro atoms. The number of likely N-dealkylation sites (tertiary alicyclic amines) is 1. The van der Waals surface area contributed by atoms with E-state index in [0.29, 0.717) is 24.1 Å². The molecule has 1 fully saturated rings. The summed E-state index contributed by atoms with van der Waals surface area (Å²) in [5, 5.41) is 0. The maximum Gasteiger partial charge on any atom is 0.312 e. The minimum atomic E-state index is -0.827. The molecule has 1 saturated heterocycles. The zero-order chi connectivity index (χ0) is 21.4. The number of nitrogen functional groups attached to an aromatic ring is 1. The standard InChI is InChI=1S/C21H24FIN6O2/c22-21-26-19(24)18-20(27-21)29(8-4-7-28-5-2-1-3-6-28)17(25-18)10-13-9-15-16(11-14(13)23)31-12-30-15/h9,11H,1-8,10,12H2,(H2,24,26,27). The SMILES string of the molecule is Nc1nc(F)nc2c1nc(Cc1cc3c(cc1I)OCO3)n2CCCN1CCCCC1. The highest BCUT2D eigenvalue weighted by atomic mass is 127. The second-order valence-corrected chi connectivity index (χ2v) is 9.12. The third-order valence-corrected chi connectivity index (χ3v) is 6.87. The van der Waals surface area contributed by atoms with Crippen LogP contribution in [0.3, 0.4) is 0 Å². The molecule has 31 heavy (non-hydrogen) atoms. The van der Waals surface area contributed by atoms with Crippen molar-refractivity contribution in [2.45, 2.75) is 38.6 Å². The van der Waals surface area contributed by atoms with E-state index in [4.69, 9.17) is 20.2 Å². The van der Waals surface area contributed by atoms with Crippen LogP contribution in [0.1, 0.15) is 37.1 Å². The van der Waals surface area contributed by atoms with E-state index in [-0.39, 0.29) is 12.6 Å². The zero-order valence-corrected chi connectivity index (χ0v) is 19.3. The summed E-state index contributed by atoms with van der Waals surface area (Å²) in [5.74, 6) is 2.34. The van der Waals surface area contributed by atoms with Crippen molar-refractivity contribution in [3.8, 4) is 11.5 Å². The Labute approximate surface area is 193 Å². The first-order valence-electron chi connectivity index (χ1n) is 10.6. The Bertz CT molecular complexity index is 1120. The van der Waals surface area contributed by atoms with Crippen LogP contribution in [0.15, 0.2) is 12.1 Å². The van der Waals surface area contributed by atoms with Crippen LogP contribution in [0, 0.1) is 9.65 Å². The lowest BCUT2D eigenvalue weighted by atomic mass is 10.1. The average molecular weight is 538 g/mol. The summed E-state index contributed by atoms with van der Waals surface area (Å²) in [4.78, 5) is 14.9. The normalized spacial score (nSPS) is 16.3. The summed E-state index contributed by atoms with van der Waals surface area (Å²) in [6, 6.07) is 3.95. The van der Waals surface area contributed by atoms with Crippen LogP contribution in [-0.4, -0.2) is 50.8 Å². The van der Waals surface area contributed by atoms with E-state index in [1.165, 1.54) is 19.3 Å². The van der Waals surface area contributed by atoms with Crippen molar-refractivity contribution in [1.82, 2.24) is 24.4 Å². The van der Waals surface area contributed by atoms with Crippen LogP contribution in [-0.2, 0) is 13.0 Å². The fraction of sp³-hybridized carbons (Fsp3) is 0.476. The first-order valence-corrected chi connectivity index (χ1v) is 11.6. The fourth-order valence-electron chi connectivity index (χ4n) is 4.31. The number of fused-ring (bicyclic) bond motifs is 2. The average Bonchev–Trinajstić information content (AvgIpc) is 3.34. The summed E-state index contributed by atoms with van der Waals surface area (Å²) in [5.41, 5.74) is 7.93. The molecule has 2 aliphatic rings. The van der Waals surface area contributed by atoms with E-state index in [2.05, 4.69) is 37.5 Å². The molecule has 1 aromatic carbocycles. The lowest BCUT2D eigenvalue weighted by molar-refractivity contribution is 0.174. The van der Waals surface area contributed by atoms with Crippen molar-refractivity contribution in [2.75, 3.05) is 32.2 Å². The predicted octanol–water partition coefficient (Wildman–Crippen LogP) is 3.35. The number of imidazole rings is 1. The Morgan fingerprint density at radius 2 is 1.81 bits per heavy atom. The van der Waals surface area contributed by atoms with Crippen LogP contribution in [0.5, 0.6) is 11.5 Å². The van der Waals surface area contributed by atoms with Gasteiger partial charge in [0, 0.05) is 16.5 Å². The highest BCUT2D eigenvalue weighted by Gasteiger charge is 2.21. The third kappa shape index (κ3) is 4.27. The fourth-order valence-corrected chi connectivity index (χ4v) is 4.94. The number of aryl methyl sites for hydroxylation is 1. The highest BCUT2D eigenvalue weighted by Crippen LogP contribution is 2.36. The van der Waals surface area contributed by atoms with Gasteiger partial charge in [-0.15, -0.1) is 0 Å². The van der Waals surface area contributed by atoms with E-state index in [1.807, 2.05) is 16.7 Å². The van der Waals surface area contributed by atoms with Crippen molar-refractivity contribution in [1.29, 1.82) is 0 Å². The van der Waals surface area contributed by atoms with Gasteiger partial charge in [0.2, 0.25) is 6.79 Å². The largest absolute Gasteiger partial charge is 0.454 e. The van der Waals surface area contributed by atoms with E-state index in [1.54, 1.807) is 0 Å². The van der Waals surface area contributed by atoms with Gasteiger partial charge >= 0.3 is 6.08 Å². The van der Waals surface area contributed by atoms with Gasteiger partial charge in [-0.05, 0) is 79.2 Å². The lowest BCUT2D eigenvalue weighted by Gasteiger charge is -2.26. The van der Waals surface area contributed by atoms with E-state index < -0.39 is 6.08 Å². The van der Waals surface area contributed by atoms with Gasteiger partial charge in [-0.25, -0.2) is 4.98 Å². The van der Waals surface area contributed by atoms with E-state index >= 15 is 0 Å². The third-order valence-electron chi connectivity index (χ3n) is 5.87. The van der Waals surface area contributed by atoms with E-state index in [9.17, 15) is 4.39 Å². The Kier molecular flexibility index (Phi) is 5.83. The van der Waals surface area contributed by atoms with Crippen molar-refractivity contribution in [2.24, 2.45) is 0 Å². The number of ether oxygens (including phenoxy) is 2. The summed E-state index contributed by atoms with van der Waals surface area (Å²) >= 11 is 2.29. The molecule has 8 nitrogen and oxygen atoms in total. The molecule has 0 amide bonds. The summed E-state index contributed by atoms with van der Waals surface area (Å²) < 4.78 is 28.0. The lowest BCUT2D eigenvalue weighted by Crippen LogP contribution is -2.31. The molecular weight excluding hydrogens is 514 g/mol. The first kappa shape index (κ1) is 20.7. The van der Waals surface area contributed by atoms with Crippen LogP contribution < -0.4 is 15.2 Å². The minimum absolute atomic E-state index is 0.0684. The molecule has 164 valence electrons. The molecule has 2 aliphatic heterocycles. The zero-order valence-electron chi connectivity index (χ0n) is 17.1. The summed E-state index contributed by atoms with van der Waals surface area (Å²) in [7, 11) is 0. The molecule has 0 aliphatic carbocycles. The van der Waals surface area contributed by atoms with Gasteiger partial charge in [0.15, 0.2) is 28.5 Å². The molecule has 4 heterocycles. The Morgan fingerprint density at radius 3 is 2.61 bits per heavy atom. The van der Waals surface area contributed by atoms with Crippen LogP contribution in [0.4, 0.5) is 10.2 Å². The molecule has 3 aromatic rings. The smallest absolute Gasteiger partial charge is 0.312 e. The number of halogens is 2. The highest BCUT2D eigenvalue weighted by molar-refractivity contribution is 14.1. The Hall–Kier alpha value is -2.21. The van der Waals surface area contributed by atoms with Gasteiger partial charge in [-0.1, -0.05) is 6.42 Å². The molecule has 0 atom stereocenters. The number of benzene rings is 1. The van der Waals surface area contributed by atoms with Crippen LogP contribution >= 0.6 is 22.6 Å². The van der Waals surface area contributed by atoms with Crippen LogP contribution in [0.2, 0.25) is 0 Å².